The Kier molecular flexibility index (Phi) is 4.76. The molecule has 26 heavy (non-hydrogen) atoms. The predicted molar refractivity (Wildman–Crippen MR) is 90.6 cm³/mol. The summed E-state index contributed by atoms with van der Waals surface area (Å²) in [5, 5.41) is 3.22. The number of hydrogen-bond acceptors (Lipinski definition) is 7. The van der Waals surface area contributed by atoms with E-state index in [1.807, 2.05) is 0 Å². The molecule has 2 aromatic heterocycles. The summed E-state index contributed by atoms with van der Waals surface area (Å²) >= 11 is 1.04. The van der Waals surface area contributed by atoms with E-state index in [9.17, 15) is 18.0 Å². The number of halogens is 3. The number of nitrogens with two attached hydrogens (primary N) is 1. The lowest BCUT2D eigenvalue weighted by molar-refractivity contribution is -0.274. The summed E-state index contributed by atoms with van der Waals surface area (Å²) < 4.78 is 40.3. The molecule has 0 bridgehead atoms. The number of thiazole rings is 1. The Labute approximate surface area is 149 Å². The van der Waals surface area contributed by atoms with Gasteiger partial charge in [-0.2, -0.15) is 0 Å². The van der Waals surface area contributed by atoms with Crippen LogP contribution in [0.3, 0.4) is 0 Å². The first-order valence-electron chi connectivity index (χ1n) is 7.16. The number of nitrogens with zero attached hydrogens (tertiary/aromatic N) is 2. The molecule has 10 heteroatoms. The molecule has 0 spiro atoms. The summed E-state index contributed by atoms with van der Waals surface area (Å²) in [6, 6.07) is 8.24. The molecule has 0 saturated heterocycles. The average Bonchev–Trinajstić information content (AvgIpc) is 2.96. The van der Waals surface area contributed by atoms with E-state index in [1.165, 1.54) is 24.5 Å². The number of nitrogen functional groups attached to an aromatic ring is 1. The van der Waals surface area contributed by atoms with Crippen molar-refractivity contribution in [2.24, 2.45) is 0 Å². The zero-order valence-corrected chi connectivity index (χ0v) is 13.8. The molecule has 0 aliphatic heterocycles. The largest absolute Gasteiger partial charge is 0.573 e. The minimum Gasteiger partial charge on any atom is -0.406 e. The van der Waals surface area contributed by atoms with Crippen molar-refractivity contribution in [3.63, 3.8) is 0 Å². The van der Waals surface area contributed by atoms with Crippen LogP contribution in [0.2, 0.25) is 0 Å². The zero-order chi connectivity index (χ0) is 18.7. The molecule has 3 rings (SSSR count). The molecule has 0 aliphatic rings. The normalized spacial score (nSPS) is 11.2. The monoisotopic (exact) mass is 380 g/mol. The second-order valence-corrected chi connectivity index (χ2v) is 5.99. The quantitative estimate of drug-likeness (QED) is 0.651. The van der Waals surface area contributed by atoms with E-state index in [0.29, 0.717) is 16.4 Å². The highest BCUT2D eigenvalue weighted by atomic mass is 32.1. The van der Waals surface area contributed by atoms with Crippen LogP contribution < -0.4 is 15.8 Å². The van der Waals surface area contributed by atoms with Crippen LogP contribution in [-0.2, 0) is 0 Å². The molecule has 0 amide bonds. The highest BCUT2D eigenvalue weighted by Gasteiger charge is 2.31. The lowest BCUT2D eigenvalue weighted by Gasteiger charge is -2.09. The fourth-order valence-electron chi connectivity index (χ4n) is 2.05. The summed E-state index contributed by atoms with van der Waals surface area (Å²) in [4.78, 5) is 20.6. The van der Waals surface area contributed by atoms with Crippen LogP contribution in [-0.4, -0.2) is 22.1 Å². The van der Waals surface area contributed by atoms with E-state index in [4.69, 9.17) is 5.73 Å². The van der Waals surface area contributed by atoms with Gasteiger partial charge in [0.15, 0.2) is 5.13 Å². The standard InChI is InChI=1S/C16H11F3N4O2S/c17-16(18,19)25-11-3-1-10(2-4-11)22-15-23-14(20)13(26-15)12(24)9-5-7-21-8-6-9/h1-8H,20H2,(H,22,23). The van der Waals surface area contributed by atoms with Gasteiger partial charge in [-0.15, -0.1) is 13.2 Å². The Hall–Kier alpha value is -3.14. The van der Waals surface area contributed by atoms with Gasteiger partial charge in [-0.3, -0.25) is 9.78 Å². The highest BCUT2D eigenvalue weighted by molar-refractivity contribution is 7.18. The fraction of sp³-hybridized carbons (Fsp3) is 0.0625. The van der Waals surface area contributed by atoms with E-state index >= 15 is 0 Å². The van der Waals surface area contributed by atoms with Crippen molar-refractivity contribution in [1.29, 1.82) is 0 Å². The maximum Gasteiger partial charge on any atom is 0.573 e. The Morgan fingerprint density at radius 2 is 1.77 bits per heavy atom. The molecule has 3 N–H and O–H groups in total. The van der Waals surface area contributed by atoms with Gasteiger partial charge < -0.3 is 15.8 Å². The second kappa shape index (κ2) is 7.00. The van der Waals surface area contributed by atoms with Crippen LogP contribution in [0.1, 0.15) is 15.2 Å². The number of hydrogen-bond donors (Lipinski definition) is 2. The average molecular weight is 380 g/mol. The van der Waals surface area contributed by atoms with Crippen molar-refractivity contribution >= 4 is 33.8 Å². The fourth-order valence-corrected chi connectivity index (χ4v) is 2.91. The lowest BCUT2D eigenvalue weighted by atomic mass is 10.1. The minimum absolute atomic E-state index is 0.0661. The van der Waals surface area contributed by atoms with E-state index < -0.39 is 6.36 Å². The smallest absolute Gasteiger partial charge is 0.406 e. The molecule has 0 unspecified atom stereocenters. The molecule has 2 heterocycles. The Morgan fingerprint density at radius 3 is 2.38 bits per heavy atom. The number of alkyl halides is 3. The summed E-state index contributed by atoms with van der Waals surface area (Å²) in [6.45, 7) is 0. The zero-order valence-electron chi connectivity index (χ0n) is 12.9. The number of carbonyl (C=O) groups is 1. The molecule has 6 nitrogen and oxygen atoms in total. The molecule has 0 atom stereocenters. The number of nitrogens with one attached hydrogen (secondary N) is 1. The maximum absolute atomic E-state index is 12.4. The van der Waals surface area contributed by atoms with Crippen LogP contribution in [0.15, 0.2) is 48.8 Å². The SMILES string of the molecule is Nc1nc(Nc2ccc(OC(F)(F)F)cc2)sc1C(=O)c1ccncc1. The molecule has 0 saturated carbocycles. The molecular weight excluding hydrogens is 369 g/mol. The number of rotatable bonds is 5. The number of carbonyl (C=O) groups excluding carboxylic acids is 1. The number of aromatic nitrogens is 2. The van der Waals surface area contributed by atoms with Crippen LogP contribution >= 0.6 is 11.3 Å². The third kappa shape index (κ3) is 4.28. The maximum atomic E-state index is 12.4. The van der Waals surface area contributed by atoms with Crippen LogP contribution in [0, 0.1) is 0 Å². The van der Waals surface area contributed by atoms with E-state index in [0.717, 1.165) is 23.5 Å². The Morgan fingerprint density at radius 1 is 1.12 bits per heavy atom. The molecule has 134 valence electrons. The lowest BCUT2D eigenvalue weighted by Crippen LogP contribution is -2.16. The molecule has 0 aliphatic carbocycles. The van der Waals surface area contributed by atoms with Gasteiger partial charge in [-0.25, -0.2) is 4.98 Å². The number of ketones is 1. The van der Waals surface area contributed by atoms with Gasteiger partial charge in [0.2, 0.25) is 5.78 Å². The molecule has 0 radical (unpaired) electrons. The van der Waals surface area contributed by atoms with Crippen molar-refractivity contribution in [3.05, 3.63) is 59.2 Å². The number of anilines is 3. The Bertz CT molecular complexity index is 911. The second-order valence-electron chi connectivity index (χ2n) is 5.00. The van der Waals surface area contributed by atoms with Crippen molar-refractivity contribution < 1.29 is 22.7 Å². The number of ether oxygens (including phenoxy) is 1. The van der Waals surface area contributed by atoms with Crippen molar-refractivity contribution in [1.82, 2.24) is 9.97 Å². The first kappa shape index (κ1) is 17.7. The summed E-state index contributed by atoms with van der Waals surface area (Å²) in [7, 11) is 0. The predicted octanol–water partition coefficient (Wildman–Crippen LogP) is 3.99. The van der Waals surface area contributed by atoms with E-state index in [1.54, 1.807) is 12.1 Å². The Balaban J connectivity index is 1.74. The van der Waals surface area contributed by atoms with Gasteiger partial charge in [0.25, 0.3) is 0 Å². The van der Waals surface area contributed by atoms with Crippen molar-refractivity contribution in [2.45, 2.75) is 6.36 Å². The first-order chi connectivity index (χ1) is 12.3. The number of pyridine rings is 1. The number of benzene rings is 1. The van der Waals surface area contributed by atoms with Gasteiger partial charge in [0, 0.05) is 23.6 Å². The third-order valence-electron chi connectivity index (χ3n) is 3.14. The summed E-state index contributed by atoms with van der Waals surface area (Å²) in [6.07, 6.45) is -1.76. The highest BCUT2D eigenvalue weighted by Crippen LogP contribution is 2.30. The van der Waals surface area contributed by atoms with E-state index in [2.05, 4.69) is 20.0 Å². The molecule has 0 fully saturated rings. The molecule has 3 aromatic rings. The van der Waals surface area contributed by atoms with Crippen molar-refractivity contribution in [2.75, 3.05) is 11.1 Å². The van der Waals surface area contributed by atoms with Gasteiger partial charge in [-0.1, -0.05) is 11.3 Å². The first-order valence-corrected chi connectivity index (χ1v) is 7.97. The van der Waals surface area contributed by atoms with Crippen LogP contribution in [0.4, 0.5) is 29.8 Å². The van der Waals surface area contributed by atoms with Gasteiger partial charge in [0.1, 0.15) is 16.4 Å². The minimum atomic E-state index is -4.75. The van der Waals surface area contributed by atoms with Crippen LogP contribution in [0.25, 0.3) is 0 Å². The topological polar surface area (TPSA) is 90.1 Å². The van der Waals surface area contributed by atoms with Crippen molar-refractivity contribution in [3.8, 4) is 5.75 Å². The molecular formula is C16H11F3N4O2S. The summed E-state index contributed by atoms with van der Waals surface area (Å²) in [5.41, 5.74) is 6.70. The van der Waals surface area contributed by atoms with Gasteiger partial charge >= 0.3 is 6.36 Å². The third-order valence-corrected chi connectivity index (χ3v) is 4.13. The van der Waals surface area contributed by atoms with Crippen LogP contribution in [0.5, 0.6) is 5.75 Å². The summed E-state index contributed by atoms with van der Waals surface area (Å²) in [5.74, 6) is -0.559. The van der Waals surface area contributed by atoms with E-state index in [-0.39, 0.29) is 22.2 Å². The molecule has 1 aromatic carbocycles. The van der Waals surface area contributed by atoms with Gasteiger partial charge in [0.05, 0.1) is 0 Å². The van der Waals surface area contributed by atoms with Gasteiger partial charge in [-0.05, 0) is 36.4 Å².